The molecule has 4 rings (SSSR count). The summed E-state index contributed by atoms with van der Waals surface area (Å²) in [4.78, 5) is 17.0. The number of hydrogen-bond donors (Lipinski definition) is 2. The van der Waals surface area contributed by atoms with Crippen molar-refractivity contribution in [3.05, 3.63) is 61.0 Å². The number of nitrogens with zero attached hydrogens (tertiary/aromatic N) is 2. The number of anilines is 2. The number of nitrogens with two attached hydrogens (primary N) is 1. The molecule has 2 aliphatic heterocycles. The van der Waals surface area contributed by atoms with Crippen molar-refractivity contribution in [2.45, 2.75) is 12.5 Å². The fourth-order valence-electron chi connectivity index (χ4n) is 4.14. The Morgan fingerprint density at radius 2 is 1.75 bits per heavy atom. The van der Waals surface area contributed by atoms with Gasteiger partial charge in [-0.15, -0.1) is 6.04 Å². The second kappa shape index (κ2) is 10.9. The number of amides is 1. The standard InChI is InChI=1S/C24H30N4O3.Os/c1-30-20-5-3-19(4-6-20)27-9-11-28(12-10-27)24(29)15-22(25)18-13-17-14-21(31-2)7-8-23(17)26-16-18;/h3-8,14-16,18,22,26H,9-13,25H2,1-2H3;/q-2;+2. The second-order valence-corrected chi connectivity index (χ2v) is 7.96. The van der Waals surface area contributed by atoms with Gasteiger partial charge in [-0.25, -0.2) is 6.54 Å². The molecule has 1 saturated heterocycles. The molecule has 0 aliphatic carbocycles. The maximum Gasteiger partial charge on any atom is 2.00 e. The van der Waals surface area contributed by atoms with Gasteiger partial charge in [-0.2, -0.15) is 5.92 Å². The van der Waals surface area contributed by atoms with Gasteiger partial charge < -0.3 is 35.1 Å². The molecule has 7 nitrogen and oxygen atoms in total. The number of carbonyl (C=O) groups excluding carboxylic acids is 1. The Hall–Kier alpha value is -2.42. The van der Waals surface area contributed by atoms with E-state index in [-0.39, 0.29) is 37.7 Å². The van der Waals surface area contributed by atoms with Crippen LogP contribution in [0.2, 0.25) is 0 Å². The molecule has 0 bridgehead atoms. The molecule has 1 fully saturated rings. The fraction of sp³-hybridized carbons (Fsp3) is 0.375. The summed E-state index contributed by atoms with van der Waals surface area (Å²) in [5.74, 6) is 1.72. The van der Waals surface area contributed by atoms with Crippen LogP contribution < -0.4 is 25.4 Å². The first kappa shape index (κ1) is 24.2. The molecule has 0 radical (unpaired) electrons. The first-order valence-electron chi connectivity index (χ1n) is 10.6. The monoisotopic (exact) mass is 614 g/mol. The van der Waals surface area contributed by atoms with Gasteiger partial charge in [0.15, 0.2) is 0 Å². The van der Waals surface area contributed by atoms with Crippen LogP contribution in [0.15, 0.2) is 42.5 Å². The molecule has 1 amide bonds. The Kier molecular flexibility index (Phi) is 8.28. The van der Waals surface area contributed by atoms with Crippen molar-refractivity contribution < 1.29 is 34.1 Å². The Balaban J connectivity index is 0.00000289. The zero-order valence-electron chi connectivity index (χ0n) is 18.4. The molecule has 172 valence electrons. The molecular weight excluding hydrogens is 583 g/mol. The van der Waals surface area contributed by atoms with E-state index in [1.54, 1.807) is 20.6 Å². The first-order chi connectivity index (χ1) is 15.1. The SMILES string of the molecule is COc1ccc(N2CCN(C(=O)[CH-]C(N)C3[CH-]Nc4ccc(OC)cc4C3)CC2)cc1.[Os+2]. The fourth-order valence-corrected chi connectivity index (χ4v) is 4.14. The second-order valence-electron chi connectivity index (χ2n) is 7.96. The van der Waals surface area contributed by atoms with Crippen LogP contribution in [0.5, 0.6) is 11.5 Å². The predicted molar refractivity (Wildman–Crippen MR) is 122 cm³/mol. The number of piperazine rings is 1. The number of nitrogens with one attached hydrogen (secondary N) is 1. The van der Waals surface area contributed by atoms with Crippen LogP contribution in [0, 0.1) is 18.9 Å². The summed E-state index contributed by atoms with van der Waals surface area (Å²) in [5, 5.41) is 3.31. The van der Waals surface area contributed by atoms with E-state index in [1.165, 1.54) is 0 Å². The third-order valence-electron chi connectivity index (χ3n) is 6.08. The molecule has 2 heterocycles. The molecule has 0 aromatic heterocycles. The number of carbonyl (C=O) groups is 1. The molecule has 0 spiro atoms. The average molecular weight is 613 g/mol. The number of rotatable bonds is 6. The van der Waals surface area contributed by atoms with E-state index in [0.29, 0.717) is 13.1 Å². The smallest absolute Gasteiger partial charge is 0.535 e. The Morgan fingerprint density at radius 1 is 1.09 bits per heavy atom. The Labute approximate surface area is 203 Å². The summed E-state index contributed by atoms with van der Waals surface area (Å²) >= 11 is 0. The summed E-state index contributed by atoms with van der Waals surface area (Å²) in [6.45, 7) is 4.95. The van der Waals surface area contributed by atoms with Crippen LogP contribution in [0.1, 0.15) is 5.56 Å². The van der Waals surface area contributed by atoms with Crippen molar-refractivity contribution in [1.82, 2.24) is 4.90 Å². The quantitative estimate of drug-likeness (QED) is 0.488. The molecule has 2 aromatic rings. The van der Waals surface area contributed by atoms with Crippen molar-refractivity contribution in [3.8, 4) is 11.5 Å². The van der Waals surface area contributed by atoms with E-state index >= 15 is 0 Å². The number of fused-ring (bicyclic) bond motifs is 1. The van der Waals surface area contributed by atoms with Gasteiger partial charge >= 0.3 is 19.8 Å². The van der Waals surface area contributed by atoms with E-state index in [4.69, 9.17) is 15.2 Å². The maximum atomic E-state index is 12.8. The van der Waals surface area contributed by atoms with Gasteiger partial charge in [0.05, 0.1) is 20.1 Å². The average Bonchev–Trinajstić information content (AvgIpc) is 2.83. The van der Waals surface area contributed by atoms with Crippen LogP contribution in [0.25, 0.3) is 0 Å². The molecule has 2 atom stereocenters. The zero-order chi connectivity index (χ0) is 21.8. The van der Waals surface area contributed by atoms with Crippen molar-refractivity contribution in [3.63, 3.8) is 0 Å². The Morgan fingerprint density at radius 3 is 2.41 bits per heavy atom. The number of hydrogen-bond acceptors (Lipinski definition) is 6. The van der Waals surface area contributed by atoms with Gasteiger partial charge in [0, 0.05) is 37.6 Å². The molecule has 2 aromatic carbocycles. The maximum absolute atomic E-state index is 12.8. The predicted octanol–water partition coefficient (Wildman–Crippen LogP) is 2.33. The third-order valence-corrected chi connectivity index (χ3v) is 6.08. The van der Waals surface area contributed by atoms with E-state index in [1.807, 2.05) is 41.8 Å². The molecule has 3 N–H and O–H groups in total. The molecule has 2 unspecified atom stereocenters. The molecule has 8 heteroatoms. The minimum Gasteiger partial charge on any atom is -0.535 e. The summed E-state index contributed by atoms with van der Waals surface area (Å²) in [6, 6.07) is 13.6. The van der Waals surface area contributed by atoms with Crippen molar-refractivity contribution in [2.75, 3.05) is 50.6 Å². The van der Waals surface area contributed by atoms with Crippen LogP contribution in [0.3, 0.4) is 0 Å². The largest absolute Gasteiger partial charge is 2.00 e. The normalized spacial score (nSPS) is 18.5. The first-order valence-corrected chi connectivity index (χ1v) is 10.6. The summed E-state index contributed by atoms with van der Waals surface area (Å²) in [6.07, 6.45) is 2.44. The van der Waals surface area contributed by atoms with Gasteiger partial charge in [-0.3, -0.25) is 6.42 Å². The summed E-state index contributed by atoms with van der Waals surface area (Å²) in [5.41, 5.74) is 9.76. The van der Waals surface area contributed by atoms with E-state index in [0.717, 1.165) is 47.9 Å². The van der Waals surface area contributed by atoms with Crippen molar-refractivity contribution in [2.24, 2.45) is 11.7 Å². The van der Waals surface area contributed by atoms with Gasteiger partial charge in [-0.1, -0.05) is 0 Å². The van der Waals surface area contributed by atoms with Crippen LogP contribution >= 0.6 is 0 Å². The molecule has 2 aliphatic rings. The van der Waals surface area contributed by atoms with Crippen molar-refractivity contribution in [1.29, 1.82) is 0 Å². The minimum atomic E-state index is -0.348. The molecule has 32 heavy (non-hydrogen) atoms. The molecular formula is C24H30N4O3Os. The van der Waals surface area contributed by atoms with Gasteiger partial charge in [-0.05, 0) is 54.4 Å². The topological polar surface area (TPSA) is 80.1 Å². The summed E-state index contributed by atoms with van der Waals surface area (Å²) in [7, 11) is 3.32. The van der Waals surface area contributed by atoms with Crippen molar-refractivity contribution >= 4 is 17.3 Å². The minimum absolute atomic E-state index is 0. The number of methoxy groups -OCH3 is 2. The number of ether oxygens (including phenoxy) is 2. The number of benzene rings is 2. The van der Waals surface area contributed by atoms with E-state index in [2.05, 4.69) is 22.3 Å². The van der Waals surface area contributed by atoms with Crippen LogP contribution in [0.4, 0.5) is 11.4 Å². The zero-order valence-corrected chi connectivity index (χ0v) is 21.0. The summed E-state index contributed by atoms with van der Waals surface area (Å²) < 4.78 is 10.5. The van der Waals surface area contributed by atoms with Gasteiger partial charge in [0.1, 0.15) is 11.5 Å². The van der Waals surface area contributed by atoms with Gasteiger partial charge in [0.25, 0.3) is 0 Å². The van der Waals surface area contributed by atoms with E-state index in [9.17, 15) is 4.79 Å². The van der Waals surface area contributed by atoms with Gasteiger partial charge in [0.2, 0.25) is 0 Å². The van der Waals surface area contributed by atoms with E-state index < -0.39 is 0 Å². The molecule has 0 saturated carbocycles. The third kappa shape index (κ3) is 5.49. The Bertz CT molecular complexity index is 901. The van der Waals surface area contributed by atoms with Crippen LogP contribution in [-0.2, 0) is 31.0 Å². The van der Waals surface area contributed by atoms with Crippen LogP contribution in [-0.4, -0.2) is 57.2 Å².